The molecule has 0 heterocycles. The summed E-state index contributed by atoms with van der Waals surface area (Å²) in [5.74, 6) is 3.18. The molecule has 3 unspecified atom stereocenters. The minimum absolute atomic E-state index is 0.357. The molecule has 0 fully saturated rings. The third-order valence-corrected chi connectivity index (χ3v) is 7.47. The van der Waals surface area contributed by atoms with Crippen LogP contribution < -0.4 is 5.73 Å². The summed E-state index contributed by atoms with van der Waals surface area (Å²) in [6.07, 6.45) is 12.1. The summed E-state index contributed by atoms with van der Waals surface area (Å²) < 4.78 is 0. The molecule has 0 spiro atoms. The molecule has 0 saturated heterocycles. The number of hydrogen-bond acceptors (Lipinski definition) is 2. The molecule has 2 N–H and O–H groups in total. The van der Waals surface area contributed by atoms with Crippen molar-refractivity contribution >= 4 is 30.2 Å². The summed E-state index contributed by atoms with van der Waals surface area (Å²) in [5.41, 5.74) is 6.50. The zero-order valence-corrected chi connectivity index (χ0v) is 21.8. The maximum absolute atomic E-state index is 5.64. The molecule has 0 rings (SSSR count). The Balaban J connectivity index is 4.84. The second-order valence-corrected chi connectivity index (χ2v) is 13.7. The first-order valence-electron chi connectivity index (χ1n) is 10.7. The first-order chi connectivity index (χ1) is 11.9. The van der Waals surface area contributed by atoms with Crippen LogP contribution in [0.5, 0.6) is 0 Å². The van der Waals surface area contributed by atoms with Gasteiger partial charge in [-0.15, -0.1) is 18.5 Å². The Labute approximate surface area is 175 Å². The standard InChI is InChI=1S/C22H49NP2S/c1-20(2,13-16-26-17-14-23)18-19(10-8-7-9-15-24)21(3,4)11-12-22(5,6)25/h19H,7-18,23-25H2,1-6H3. The number of hydrogen-bond donors (Lipinski definition) is 1. The van der Waals surface area contributed by atoms with E-state index >= 15 is 0 Å². The van der Waals surface area contributed by atoms with Gasteiger partial charge in [-0.3, -0.25) is 0 Å². The van der Waals surface area contributed by atoms with Crippen molar-refractivity contribution in [3.63, 3.8) is 0 Å². The smallest absolute Gasteiger partial charge is 0.00558 e. The predicted octanol–water partition coefficient (Wildman–Crippen LogP) is 7.00. The summed E-state index contributed by atoms with van der Waals surface area (Å²) in [5, 5.41) is 0.357. The van der Waals surface area contributed by atoms with Gasteiger partial charge >= 0.3 is 0 Å². The number of thioether (sulfide) groups is 1. The number of unbranched alkanes of at least 4 members (excludes halogenated alkanes) is 2. The molecule has 158 valence electrons. The topological polar surface area (TPSA) is 26.0 Å². The minimum Gasteiger partial charge on any atom is -0.330 e. The van der Waals surface area contributed by atoms with Crippen LogP contribution >= 0.6 is 30.2 Å². The second-order valence-electron chi connectivity index (χ2n) is 10.3. The molecule has 0 amide bonds. The first kappa shape index (κ1) is 27.2. The molecule has 0 aliphatic rings. The van der Waals surface area contributed by atoms with Gasteiger partial charge in [-0.25, -0.2) is 0 Å². The van der Waals surface area contributed by atoms with Gasteiger partial charge in [-0.1, -0.05) is 54.4 Å². The Morgan fingerprint density at radius 1 is 0.885 bits per heavy atom. The van der Waals surface area contributed by atoms with Gasteiger partial charge in [-0.2, -0.15) is 11.8 Å². The van der Waals surface area contributed by atoms with E-state index in [1.807, 2.05) is 11.8 Å². The van der Waals surface area contributed by atoms with E-state index in [2.05, 4.69) is 60.0 Å². The summed E-state index contributed by atoms with van der Waals surface area (Å²) in [4.78, 5) is 0. The van der Waals surface area contributed by atoms with Crippen LogP contribution in [0.15, 0.2) is 0 Å². The summed E-state index contributed by atoms with van der Waals surface area (Å²) in [7, 11) is 5.91. The van der Waals surface area contributed by atoms with Gasteiger partial charge in [0.25, 0.3) is 0 Å². The molecule has 0 saturated carbocycles. The van der Waals surface area contributed by atoms with Crippen LogP contribution in [0.25, 0.3) is 0 Å². The molecule has 0 aliphatic carbocycles. The van der Waals surface area contributed by atoms with Crippen molar-refractivity contribution in [2.45, 2.75) is 98.1 Å². The second kappa shape index (κ2) is 13.4. The Morgan fingerprint density at radius 2 is 1.54 bits per heavy atom. The molecule has 1 nitrogen and oxygen atoms in total. The molecule has 0 aliphatic heterocycles. The van der Waals surface area contributed by atoms with E-state index < -0.39 is 0 Å². The lowest BCUT2D eigenvalue weighted by Gasteiger charge is -2.41. The van der Waals surface area contributed by atoms with Crippen LogP contribution in [0, 0.1) is 16.7 Å². The lowest BCUT2D eigenvalue weighted by molar-refractivity contribution is 0.111. The van der Waals surface area contributed by atoms with Crippen molar-refractivity contribution in [1.82, 2.24) is 0 Å². The molecule has 0 radical (unpaired) electrons. The van der Waals surface area contributed by atoms with E-state index in [4.69, 9.17) is 5.73 Å². The fraction of sp³-hybridized carbons (Fsp3) is 1.00. The first-order valence-corrected chi connectivity index (χ1v) is 13.3. The summed E-state index contributed by atoms with van der Waals surface area (Å²) in [6, 6.07) is 0. The lowest BCUT2D eigenvalue weighted by atomic mass is 9.65. The van der Waals surface area contributed by atoms with Crippen molar-refractivity contribution in [3.05, 3.63) is 0 Å². The Hall–Kier alpha value is 1.17. The van der Waals surface area contributed by atoms with Gasteiger partial charge in [0.2, 0.25) is 0 Å². The predicted molar refractivity (Wildman–Crippen MR) is 133 cm³/mol. The quantitative estimate of drug-likeness (QED) is 0.214. The monoisotopic (exact) mass is 421 g/mol. The van der Waals surface area contributed by atoms with Gasteiger partial charge in [0, 0.05) is 12.3 Å². The van der Waals surface area contributed by atoms with Gasteiger partial charge < -0.3 is 5.73 Å². The zero-order valence-electron chi connectivity index (χ0n) is 18.7. The lowest BCUT2D eigenvalue weighted by Crippen LogP contribution is -2.31. The highest BCUT2D eigenvalue weighted by molar-refractivity contribution is 7.99. The summed E-state index contributed by atoms with van der Waals surface area (Å²) >= 11 is 2.02. The Kier molecular flexibility index (Phi) is 14.0. The highest BCUT2D eigenvalue weighted by atomic mass is 32.2. The molecule has 0 aromatic rings. The molecule has 4 heteroatoms. The largest absolute Gasteiger partial charge is 0.330 e. The molecule has 3 atom stereocenters. The molecule has 0 aromatic heterocycles. The van der Waals surface area contributed by atoms with Crippen LogP contribution in [-0.2, 0) is 0 Å². The average Bonchev–Trinajstić information content (AvgIpc) is 2.52. The van der Waals surface area contributed by atoms with Gasteiger partial charge in [0.1, 0.15) is 0 Å². The minimum atomic E-state index is 0.357. The van der Waals surface area contributed by atoms with Crippen molar-refractivity contribution in [2.75, 3.05) is 24.2 Å². The fourth-order valence-electron chi connectivity index (χ4n) is 3.63. The van der Waals surface area contributed by atoms with Crippen molar-refractivity contribution in [2.24, 2.45) is 22.5 Å². The van der Waals surface area contributed by atoms with Crippen molar-refractivity contribution in [1.29, 1.82) is 0 Å². The van der Waals surface area contributed by atoms with E-state index in [9.17, 15) is 0 Å². The van der Waals surface area contributed by atoms with E-state index in [0.29, 0.717) is 16.0 Å². The average molecular weight is 422 g/mol. The van der Waals surface area contributed by atoms with Crippen LogP contribution in [0.1, 0.15) is 92.9 Å². The maximum Gasteiger partial charge on any atom is 0.00558 e. The molecular weight excluding hydrogens is 372 g/mol. The molecule has 0 bridgehead atoms. The molecular formula is C22H49NP2S. The van der Waals surface area contributed by atoms with Gasteiger partial charge in [0.15, 0.2) is 0 Å². The molecule has 0 aromatic carbocycles. The third kappa shape index (κ3) is 14.2. The van der Waals surface area contributed by atoms with E-state index in [1.165, 1.54) is 63.3 Å². The Bertz CT molecular complexity index is 351. The van der Waals surface area contributed by atoms with E-state index in [-0.39, 0.29) is 0 Å². The number of nitrogens with two attached hydrogens (primary N) is 1. The SMILES string of the molecule is CC(C)(P)CCC(C)(C)C(CCCCCP)CC(C)(C)CCSCCN. The zero-order chi connectivity index (χ0) is 20.3. The van der Waals surface area contributed by atoms with Crippen molar-refractivity contribution < 1.29 is 0 Å². The third-order valence-electron chi connectivity index (χ3n) is 5.76. The van der Waals surface area contributed by atoms with Crippen molar-refractivity contribution in [3.8, 4) is 0 Å². The highest BCUT2D eigenvalue weighted by Crippen LogP contribution is 2.45. The number of rotatable bonds is 16. The van der Waals surface area contributed by atoms with Crippen LogP contribution in [0.3, 0.4) is 0 Å². The Morgan fingerprint density at radius 3 is 2.08 bits per heavy atom. The van der Waals surface area contributed by atoms with E-state index in [1.54, 1.807) is 0 Å². The van der Waals surface area contributed by atoms with Gasteiger partial charge in [0.05, 0.1) is 0 Å². The maximum atomic E-state index is 5.64. The normalized spacial score (nSPS) is 14.7. The highest BCUT2D eigenvalue weighted by Gasteiger charge is 2.34. The summed E-state index contributed by atoms with van der Waals surface area (Å²) in [6.45, 7) is 15.5. The van der Waals surface area contributed by atoms with Crippen LogP contribution in [-0.4, -0.2) is 29.4 Å². The van der Waals surface area contributed by atoms with Gasteiger partial charge in [-0.05, 0) is 72.3 Å². The van der Waals surface area contributed by atoms with Crippen LogP contribution in [0.4, 0.5) is 0 Å². The molecule has 26 heavy (non-hydrogen) atoms. The van der Waals surface area contributed by atoms with E-state index in [0.717, 1.165) is 18.2 Å². The van der Waals surface area contributed by atoms with Crippen LogP contribution in [0.2, 0.25) is 0 Å². The fourth-order valence-corrected chi connectivity index (χ4v) is 5.13.